The molecule has 1 heterocycles. The molecular formula is C21H27N3O. The zero-order valence-corrected chi connectivity index (χ0v) is 14.9. The summed E-state index contributed by atoms with van der Waals surface area (Å²) >= 11 is 0. The maximum Gasteiger partial charge on any atom is 0.119 e. The van der Waals surface area contributed by atoms with E-state index >= 15 is 0 Å². The Morgan fingerprint density at radius 3 is 2.52 bits per heavy atom. The molecule has 0 radical (unpaired) electrons. The third-order valence-corrected chi connectivity index (χ3v) is 4.61. The summed E-state index contributed by atoms with van der Waals surface area (Å²) in [5, 5.41) is 4.41. The van der Waals surface area contributed by atoms with E-state index in [1.165, 1.54) is 44.3 Å². The van der Waals surface area contributed by atoms with Crippen LogP contribution in [0.25, 0.3) is 0 Å². The van der Waals surface area contributed by atoms with E-state index in [1.54, 1.807) is 7.11 Å². The topological polar surface area (TPSA) is 36.9 Å². The van der Waals surface area contributed by atoms with Gasteiger partial charge in [-0.2, -0.15) is 5.10 Å². The molecule has 0 aliphatic carbocycles. The second kappa shape index (κ2) is 9.23. The van der Waals surface area contributed by atoms with Gasteiger partial charge < -0.3 is 4.74 Å². The minimum atomic E-state index is 0.901. The van der Waals surface area contributed by atoms with Crippen molar-refractivity contribution in [2.24, 2.45) is 5.10 Å². The molecule has 1 aliphatic rings. The van der Waals surface area contributed by atoms with Crippen LogP contribution in [-0.4, -0.2) is 31.3 Å². The van der Waals surface area contributed by atoms with Crippen LogP contribution in [0, 0.1) is 0 Å². The average molecular weight is 337 g/mol. The number of nitrogens with zero attached hydrogens (tertiary/aromatic N) is 2. The highest BCUT2D eigenvalue weighted by Crippen LogP contribution is 2.20. The molecule has 132 valence electrons. The molecule has 4 nitrogen and oxygen atoms in total. The van der Waals surface area contributed by atoms with E-state index in [1.807, 2.05) is 42.6 Å². The summed E-state index contributed by atoms with van der Waals surface area (Å²) in [5.74, 6) is 0.901. The van der Waals surface area contributed by atoms with Crippen LogP contribution in [-0.2, 0) is 6.54 Å². The van der Waals surface area contributed by atoms with E-state index < -0.39 is 0 Å². The number of para-hydroxylation sites is 1. The fourth-order valence-corrected chi connectivity index (χ4v) is 3.20. The molecule has 1 aliphatic heterocycles. The molecule has 2 aromatic carbocycles. The summed E-state index contributed by atoms with van der Waals surface area (Å²) < 4.78 is 5.42. The Bertz CT molecular complexity index is 677. The van der Waals surface area contributed by atoms with Crippen molar-refractivity contribution < 1.29 is 4.74 Å². The molecule has 0 atom stereocenters. The van der Waals surface area contributed by atoms with Crippen molar-refractivity contribution in [3.05, 3.63) is 59.7 Å². The van der Waals surface area contributed by atoms with Crippen LogP contribution in [0.5, 0.6) is 5.75 Å². The van der Waals surface area contributed by atoms with E-state index in [2.05, 4.69) is 27.6 Å². The number of hydrazone groups is 1. The van der Waals surface area contributed by atoms with Crippen LogP contribution in [0.2, 0.25) is 0 Å². The molecule has 0 aromatic heterocycles. The molecule has 0 amide bonds. The second-order valence-corrected chi connectivity index (χ2v) is 6.49. The molecule has 0 unspecified atom stereocenters. The van der Waals surface area contributed by atoms with Crippen molar-refractivity contribution in [3.63, 3.8) is 0 Å². The average Bonchev–Trinajstić information content (AvgIpc) is 2.92. The van der Waals surface area contributed by atoms with E-state index in [0.29, 0.717) is 0 Å². The fraction of sp³-hybridized carbons (Fsp3) is 0.381. The van der Waals surface area contributed by atoms with Crippen molar-refractivity contribution in [1.29, 1.82) is 0 Å². The molecule has 25 heavy (non-hydrogen) atoms. The van der Waals surface area contributed by atoms with Crippen molar-refractivity contribution in [3.8, 4) is 5.75 Å². The lowest BCUT2D eigenvalue weighted by molar-refractivity contribution is 0.276. The molecule has 3 rings (SSSR count). The fourth-order valence-electron chi connectivity index (χ4n) is 3.20. The maximum atomic E-state index is 5.42. The largest absolute Gasteiger partial charge is 0.497 e. The Kier molecular flexibility index (Phi) is 6.46. The van der Waals surface area contributed by atoms with Gasteiger partial charge in [-0.3, -0.25) is 10.3 Å². The number of methoxy groups -OCH3 is 1. The zero-order chi connectivity index (χ0) is 17.3. The lowest BCUT2D eigenvalue weighted by atomic mass is 10.1. The molecule has 2 aromatic rings. The Morgan fingerprint density at radius 1 is 1.04 bits per heavy atom. The van der Waals surface area contributed by atoms with Crippen LogP contribution in [0.15, 0.2) is 53.6 Å². The van der Waals surface area contributed by atoms with E-state index in [0.717, 1.165) is 23.5 Å². The van der Waals surface area contributed by atoms with E-state index in [4.69, 9.17) is 4.74 Å². The van der Waals surface area contributed by atoms with Crippen LogP contribution in [0.3, 0.4) is 0 Å². The highest BCUT2D eigenvalue weighted by molar-refractivity contribution is 5.82. The Hall–Kier alpha value is -2.33. The Labute approximate surface area is 150 Å². The first-order valence-electron chi connectivity index (χ1n) is 9.08. The molecule has 1 N–H and O–H groups in total. The molecular weight excluding hydrogens is 310 g/mol. The lowest BCUT2D eigenvalue weighted by Crippen LogP contribution is -2.24. The third-order valence-electron chi connectivity index (χ3n) is 4.61. The summed E-state index contributed by atoms with van der Waals surface area (Å²) in [6.45, 7) is 3.30. The zero-order valence-electron chi connectivity index (χ0n) is 14.9. The maximum absolute atomic E-state index is 5.42. The minimum absolute atomic E-state index is 0.901. The van der Waals surface area contributed by atoms with Gasteiger partial charge in [0.15, 0.2) is 0 Å². The first-order valence-corrected chi connectivity index (χ1v) is 9.08. The monoisotopic (exact) mass is 337 g/mol. The standard InChI is InChI=1S/C21H27N3O/c1-25-21-12-11-18(16-22-23-20-9-5-4-6-10-20)19(15-21)17-24-13-7-2-3-8-14-24/h4-6,9-12,15-16,23H,2-3,7-8,13-14,17H2,1H3. The van der Waals surface area contributed by atoms with Gasteiger partial charge >= 0.3 is 0 Å². The van der Waals surface area contributed by atoms with Crippen LogP contribution >= 0.6 is 0 Å². The highest BCUT2D eigenvalue weighted by atomic mass is 16.5. The van der Waals surface area contributed by atoms with Crippen LogP contribution in [0.4, 0.5) is 5.69 Å². The predicted molar refractivity (Wildman–Crippen MR) is 104 cm³/mol. The van der Waals surface area contributed by atoms with Crippen LogP contribution < -0.4 is 10.2 Å². The number of likely N-dealkylation sites (tertiary alicyclic amines) is 1. The smallest absolute Gasteiger partial charge is 0.119 e. The number of anilines is 1. The minimum Gasteiger partial charge on any atom is -0.497 e. The van der Waals surface area contributed by atoms with Gasteiger partial charge in [-0.25, -0.2) is 0 Å². The van der Waals surface area contributed by atoms with Gasteiger partial charge in [0.05, 0.1) is 19.0 Å². The molecule has 0 spiro atoms. The van der Waals surface area contributed by atoms with Gasteiger partial charge in [-0.15, -0.1) is 0 Å². The SMILES string of the molecule is COc1ccc(C=NNc2ccccc2)c(CN2CCCCCC2)c1. The van der Waals surface area contributed by atoms with Gasteiger partial charge in [-0.05, 0) is 67.4 Å². The number of benzene rings is 2. The van der Waals surface area contributed by atoms with Crippen molar-refractivity contribution in [1.82, 2.24) is 4.90 Å². The highest BCUT2D eigenvalue weighted by Gasteiger charge is 2.12. The number of rotatable bonds is 6. The summed E-state index contributed by atoms with van der Waals surface area (Å²) in [4.78, 5) is 2.55. The lowest BCUT2D eigenvalue weighted by Gasteiger charge is -2.21. The number of nitrogens with one attached hydrogen (secondary N) is 1. The molecule has 0 bridgehead atoms. The van der Waals surface area contributed by atoms with E-state index in [-0.39, 0.29) is 0 Å². The number of hydrogen-bond donors (Lipinski definition) is 1. The van der Waals surface area contributed by atoms with Gasteiger partial charge in [0.2, 0.25) is 0 Å². The Balaban J connectivity index is 1.73. The number of hydrogen-bond acceptors (Lipinski definition) is 4. The first kappa shape index (κ1) is 17.5. The number of ether oxygens (including phenoxy) is 1. The van der Waals surface area contributed by atoms with Crippen molar-refractivity contribution in [2.75, 3.05) is 25.6 Å². The normalized spacial score (nSPS) is 15.9. The molecule has 1 fully saturated rings. The second-order valence-electron chi connectivity index (χ2n) is 6.49. The summed E-state index contributed by atoms with van der Waals surface area (Å²) in [5.41, 5.74) is 6.47. The van der Waals surface area contributed by atoms with Crippen molar-refractivity contribution >= 4 is 11.9 Å². The van der Waals surface area contributed by atoms with Gasteiger partial charge in [-0.1, -0.05) is 31.0 Å². The predicted octanol–water partition coefficient (Wildman–Crippen LogP) is 4.52. The summed E-state index contributed by atoms with van der Waals surface area (Å²) in [6.07, 6.45) is 7.19. The summed E-state index contributed by atoms with van der Waals surface area (Å²) in [7, 11) is 1.72. The molecule has 1 saturated heterocycles. The Morgan fingerprint density at radius 2 is 1.80 bits per heavy atom. The van der Waals surface area contributed by atoms with E-state index in [9.17, 15) is 0 Å². The van der Waals surface area contributed by atoms with Crippen molar-refractivity contribution in [2.45, 2.75) is 32.2 Å². The molecule has 4 heteroatoms. The molecule has 0 saturated carbocycles. The van der Waals surface area contributed by atoms with Crippen LogP contribution in [0.1, 0.15) is 36.8 Å². The van der Waals surface area contributed by atoms with Gasteiger partial charge in [0.1, 0.15) is 5.75 Å². The quantitative estimate of drug-likeness (QED) is 0.622. The van der Waals surface area contributed by atoms with Gasteiger partial charge in [0, 0.05) is 6.54 Å². The summed E-state index contributed by atoms with van der Waals surface area (Å²) in [6, 6.07) is 16.2. The first-order chi connectivity index (χ1) is 12.3. The third kappa shape index (κ3) is 5.33. The van der Waals surface area contributed by atoms with Gasteiger partial charge in [0.25, 0.3) is 0 Å².